The average Bonchev–Trinajstić information content (AvgIpc) is 3.42. The highest BCUT2D eigenvalue weighted by Crippen LogP contribution is 2.45. The van der Waals surface area contributed by atoms with Crippen molar-refractivity contribution in [1.29, 1.82) is 0 Å². The number of amides is 1. The lowest BCUT2D eigenvalue weighted by atomic mass is 9.73. The van der Waals surface area contributed by atoms with Crippen molar-refractivity contribution in [3.63, 3.8) is 0 Å². The fourth-order valence-electron chi connectivity index (χ4n) is 6.06. The Balaban J connectivity index is 1.82. The monoisotopic (exact) mass is 633 g/mol. The second-order valence-electron chi connectivity index (χ2n) is 14.8. The summed E-state index contributed by atoms with van der Waals surface area (Å²) >= 11 is 0. The van der Waals surface area contributed by atoms with E-state index in [1.807, 2.05) is 39.8 Å². The van der Waals surface area contributed by atoms with Crippen molar-refractivity contribution in [1.82, 2.24) is 15.1 Å². The number of aryl methyl sites for hydroxylation is 1. The molecule has 45 heavy (non-hydrogen) atoms. The van der Waals surface area contributed by atoms with Crippen molar-refractivity contribution in [2.75, 3.05) is 6.54 Å². The summed E-state index contributed by atoms with van der Waals surface area (Å²) < 4.78 is 19.2. The number of carbonyl (C=O) groups excluding carboxylic acids is 3. The van der Waals surface area contributed by atoms with Gasteiger partial charge >= 0.3 is 12.1 Å². The van der Waals surface area contributed by atoms with E-state index in [1.165, 1.54) is 0 Å². The molecule has 11 nitrogen and oxygen atoms in total. The summed E-state index contributed by atoms with van der Waals surface area (Å²) in [5.74, 6) is -1.71. The molecule has 0 aromatic carbocycles. The third kappa shape index (κ3) is 9.86. The third-order valence-electron chi connectivity index (χ3n) is 9.22. The molecule has 2 fully saturated rings. The normalized spacial score (nSPS) is 32.0. The number of epoxide rings is 1. The van der Waals surface area contributed by atoms with Crippen LogP contribution in [0, 0.1) is 24.2 Å². The largest absolute Gasteiger partial charge is 0.458 e. The van der Waals surface area contributed by atoms with Gasteiger partial charge in [0.1, 0.15) is 17.5 Å². The van der Waals surface area contributed by atoms with Gasteiger partial charge in [-0.1, -0.05) is 34.1 Å². The molecule has 1 aromatic heterocycles. The Labute approximate surface area is 268 Å². The molecule has 2 aliphatic heterocycles. The number of alkyl carbamates (subject to hydrolysis) is 1. The summed E-state index contributed by atoms with van der Waals surface area (Å²) in [5.41, 5.74) is 0.128. The third-order valence-corrected chi connectivity index (χ3v) is 9.22. The van der Waals surface area contributed by atoms with Crippen molar-refractivity contribution in [3.05, 3.63) is 23.0 Å². The highest BCUT2D eigenvalue weighted by molar-refractivity contribution is 5.88. The van der Waals surface area contributed by atoms with Crippen LogP contribution in [0.5, 0.6) is 0 Å². The minimum atomic E-state index is -1.29. The van der Waals surface area contributed by atoms with Gasteiger partial charge in [-0.3, -0.25) is 14.3 Å². The van der Waals surface area contributed by atoms with Crippen LogP contribution in [0.4, 0.5) is 4.79 Å². The Morgan fingerprint density at radius 2 is 1.89 bits per heavy atom. The number of nitrogens with zero attached hydrogens (tertiary/aromatic N) is 2. The topological polar surface area (TPSA) is 153 Å². The fraction of sp³-hybridized carbons (Fsp3) is 0.765. The first-order chi connectivity index (χ1) is 20.7. The number of rotatable bonds is 5. The number of nitrogens with one attached hydrogen (secondary N) is 1. The molecule has 2 aliphatic rings. The van der Waals surface area contributed by atoms with Crippen LogP contribution in [0.1, 0.15) is 106 Å². The standard InChI is InChI=1S/C34H55N3O8/c1-20-12-11-13-34(10)27(44-34)18-25(43-28(39)19-26(38)33(8,9)30(41)23(4)29(20)40)21(2)16-24-17-22(3)36-37(24)15-14-35-31(42)45-32(5,6)7/h16-17,20,23,25-27,29,38,40H,11-15,18-19H2,1-10H3,(H,35,42)/b21-16+/t20-,23+,25-,26-,27-,29-,34+/m0/s1. The maximum absolute atomic E-state index is 13.4. The number of aliphatic hydroxyl groups is 2. The predicted molar refractivity (Wildman–Crippen MR) is 170 cm³/mol. The zero-order chi connectivity index (χ0) is 33.9. The Morgan fingerprint density at radius 1 is 1.22 bits per heavy atom. The number of ketones is 1. The van der Waals surface area contributed by atoms with E-state index < -0.39 is 47.3 Å². The molecule has 2 saturated heterocycles. The first kappa shape index (κ1) is 36.7. The molecule has 3 heterocycles. The zero-order valence-electron chi connectivity index (χ0n) is 28.8. The molecular formula is C34H55N3O8. The first-order valence-corrected chi connectivity index (χ1v) is 16.2. The van der Waals surface area contributed by atoms with Crippen molar-refractivity contribution in [3.8, 4) is 0 Å². The van der Waals surface area contributed by atoms with E-state index >= 15 is 0 Å². The van der Waals surface area contributed by atoms with Crippen LogP contribution < -0.4 is 5.32 Å². The number of esters is 1. The van der Waals surface area contributed by atoms with E-state index in [-0.39, 0.29) is 29.8 Å². The molecule has 11 heteroatoms. The molecule has 0 bridgehead atoms. The molecule has 0 radical (unpaired) electrons. The maximum Gasteiger partial charge on any atom is 0.407 e. The minimum absolute atomic E-state index is 0.110. The maximum atomic E-state index is 13.4. The number of carbonyl (C=O) groups is 3. The molecule has 1 aromatic rings. The van der Waals surface area contributed by atoms with Crippen LogP contribution in [-0.2, 0) is 30.3 Å². The van der Waals surface area contributed by atoms with E-state index in [9.17, 15) is 24.6 Å². The van der Waals surface area contributed by atoms with Crippen LogP contribution in [-0.4, -0.2) is 80.0 Å². The number of ether oxygens (including phenoxy) is 3. The van der Waals surface area contributed by atoms with Crippen LogP contribution in [0.15, 0.2) is 11.6 Å². The van der Waals surface area contributed by atoms with Gasteiger partial charge in [0.25, 0.3) is 0 Å². The van der Waals surface area contributed by atoms with E-state index in [0.29, 0.717) is 19.5 Å². The molecule has 3 rings (SSSR count). The lowest BCUT2D eigenvalue weighted by Crippen LogP contribution is -2.45. The lowest BCUT2D eigenvalue weighted by Gasteiger charge is -2.34. The Bertz CT molecular complexity index is 1250. The number of aromatic nitrogens is 2. The van der Waals surface area contributed by atoms with E-state index in [4.69, 9.17) is 14.2 Å². The fourth-order valence-corrected chi connectivity index (χ4v) is 6.06. The van der Waals surface area contributed by atoms with Crippen molar-refractivity contribution < 1.29 is 38.8 Å². The van der Waals surface area contributed by atoms with Crippen LogP contribution in [0.3, 0.4) is 0 Å². The second kappa shape index (κ2) is 14.3. The summed E-state index contributed by atoms with van der Waals surface area (Å²) in [6, 6.07) is 1.92. The van der Waals surface area contributed by atoms with Crippen molar-refractivity contribution in [2.45, 2.75) is 144 Å². The van der Waals surface area contributed by atoms with E-state index in [2.05, 4.69) is 10.4 Å². The smallest absolute Gasteiger partial charge is 0.407 e. The number of Topliss-reactive ketones (excluding diaryl/α,β-unsaturated/α-hetero) is 1. The average molecular weight is 634 g/mol. The molecule has 1 amide bonds. The van der Waals surface area contributed by atoms with Gasteiger partial charge in [0.05, 0.1) is 53.7 Å². The highest BCUT2D eigenvalue weighted by atomic mass is 16.6. The van der Waals surface area contributed by atoms with Gasteiger partial charge in [0, 0.05) is 18.9 Å². The molecule has 0 spiro atoms. The predicted octanol–water partition coefficient (Wildman–Crippen LogP) is 4.74. The Hall–Kier alpha value is -2.76. The highest BCUT2D eigenvalue weighted by Gasteiger charge is 2.53. The quantitative estimate of drug-likeness (QED) is 0.308. The summed E-state index contributed by atoms with van der Waals surface area (Å²) in [7, 11) is 0. The van der Waals surface area contributed by atoms with Gasteiger partial charge < -0.3 is 29.7 Å². The van der Waals surface area contributed by atoms with E-state index in [1.54, 1.807) is 46.2 Å². The second-order valence-corrected chi connectivity index (χ2v) is 14.8. The van der Waals surface area contributed by atoms with Gasteiger partial charge in [0.15, 0.2) is 0 Å². The Kier molecular flexibility index (Phi) is 11.7. The molecule has 0 aliphatic carbocycles. The summed E-state index contributed by atoms with van der Waals surface area (Å²) in [6.45, 7) is 18.8. The van der Waals surface area contributed by atoms with Crippen molar-refractivity contribution in [2.24, 2.45) is 17.3 Å². The summed E-state index contributed by atoms with van der Waals surface area (Å²) in [4.78, 5) is 38.7. The zero-order valence-corrected chi connectivity index (χ0v) is 28.8. The minimum Gasteiger partial charge on any atom is -0.458 e. The molecule has 0 unspecified atom stereocenters. The molecule has 254 valence electrons. The van der Waals surface area contributed by atoms with Crippen LogP contribution in [0.25, 0.3) is 6.08 Å². The first-order valence-electron chi connectivity index (χ1n) is 16.2. The Morgan fingerprint density at radius 3 is 2.53 bits per heavy atom. The lowest BCUT2D eigenvalue weighted by molar-refractivity contribution is -0.154. The summed E-state index contributed by atoms with van der Waals surface area (Å²) in [6.07, 6.45) is 0.910. The van der Waals surface area contributed by atoms with Crippen LogP contribution in [0.2, 0.25) is 0 Å². The van der Waals surface area contributed by atoms with Gasteiger partial charge in [-0.05, 0) is 78.0 Å². The number of aliphatic hydroxyl groups excluding tert-OH is 2. The summed E-state index contributed by atoms with van der Waals surface area (Å²) in [5, 5.41) is 29.3. The molecule has 3 N–H and O–H groups in total. The number of fused-ring (bicyclic) bond motifs is 1. The van der Waals surface area contributed by atoms with Gasteiger partial charge in [-0.2, -0.15) is 5.10 Å². The molecule has 0 saturated carbocycles. The number of cyclic esters (lactones) is 1. The SMILES string of the molecule is C/C(=C\c1cc(C)nn1CCNC(=O)OC(C)(C)C)[C@@H]1C[C@@H]2O[C@]2(C)CCC[C@H](C)[C@H](O)[C@@H](C)C(=O)C(C)(C)[C@@H](O)CC(=O)O1. The molecular weight excluding hydrogens is 578 g/mol. The number of hydrogen-bond acceptors (Lipinski definition) is 9. The number of hydrogen-bond donors (Lipinski definition) is 3. The van der Waals surface area contributed by atoms with Gasteiger partial charge in [-0.25, -0.2) is 4.79 Å². The van der Waals surface area contributed by atoms with Gasteiger partial charge in [0.2, 0.25) is 0 Å². The van der Waals surface area contributed by atoms with E-state index in [0.717, 1.165) is 36.2 Å². The van der Waals surface area contributed by atoms with Crippen molar-refractivity contribution >= 4 is 23.9 Å². The molecule has 7 atom stereocenters. The van der Waals surface area contributed by atoms with Crippen LogP contribution >= 0.6 is 0 Å². The van der Waals surface area contributed by atoms with Gasteiger partial charge in [-0.15, -0.1) is 0 Å².